The number of nitrogens with two attached hydrogens (primary N) is 1. The molecular weight excluding hydrogens is 318 g/mol. The van der Waals surface area contributed by atoms with Crippen LogP contribution in [0.15, 0.2) is 24.3 Å². The topological polar surface area (TPSA) is 75.9 Å². The van der Waals surface area contributed by atoms with E-state index in [1.165, 1.54) is 0 Å². The Kier molecular flexibility index (Phi) is 5.16. The first-order chi connectivity index (χ1) is 10.5. The third-order valence-corrected chi connectivity index (χ3v) is 4.41. The molecule has 0 bridgehead atoms. The lowest BCUT2D eigenvalue weighted by Crippen LogP contribution is -2.55. The number of nitrogens with zero attached hydrogens (tertiary/aromatic N) is 2. The van der Waals surface area contributed by atoms with Crippen molar-refractivity contribution < 1.29 is 14.3 Å². The van der Waals surface area contributed by atoms with Crippen LogP contribution in [-0.2, 0) is 4.79 Å². The van der Waals surface area contributed by atoms with E-state index in [2.05, 4.69) is 0 Å². The van der Waals surface area contributed by atoms with E-state index in [0.29, 0.717) is 31.7 Å². The van der Waals surface area contributed by atoms with E-state index in [1.807, 2.05) is 0 Å². The molecule has 0 spiro atoms. The molecule has 1 aliphatic carbocycles. The Labute approximate surface area is 142 Å². The number of hydrogen-bond donors (Lipinski definition) is 1. The van der Waals surface area contributed by atoms with Crippen LogP contribution in [0.25, 0.3) is 0 Å². The van der Waals surface area contributed by atoms with Gasteiger partial charge in [-0.05, 0) is 37.1 Å². The Balaban J connectivity index is 0.00000192. The number of piperazine rings is 1. The fourth-order valence-corrected chi connectivity index (χ4v) is 2.69. The van der Waals surface area contributed by atoms with Crippen LogP contribution < -0.4 is 10.5 Å². The summed E-state index contributed by atoms with van der Waals surface area (Å²) < 4.78 is 5.09. The van der Waals surface area contributed by atoms with Gasteiger partial charge in [0.05, 0.1) is 12.6 Å². The predicted octanol–water partition coefficient (Wildman–Crippen LogP) is 0.893. The molecule has 1 saturated heterocycles. The minimum absolute atomic E-state index is 0. The third-order valence-electron chi connectivity index (χ3n) is 4.41. The first-order valence-electron chi connectivity index (χ1n) is 7.55. The maximum Gasteiger partial charge on any atom is 0.253 e. The second-order valence-electron chi connectivity index (χ2n) is 5.97. The number of ether oxygens (including phenoxy) is 1. The molecule has 1 aromatic carbocycles. The van der Waals surface area contributed by atoms with Crippen LogP contribution in [0.4, 0.5) is 0 Å². The highest BCUT2D eigenvalue weighted by Crippen LogP contribution is 2.34. The number of methoxy groups -OCH3 is 1. The maximum atomic E-state index is 12.4. The number of benzene rings is 1. The molecule has 2 amide bonds. The van der Waals surface area contributed by atoms with Crippen molar-refractivity contribution in [2.45, 2.75) is 18.4 Å². The zero-order chi connectivity index (χ0) is 15.7. The molecule has 23 heavy (non-hydrogen) atoms. The average Bonchev–Trinajstić information content (AvgIpc) is 3.32. The van der Waals surface area contributed by atoms with E-state index in [1.54, 1.807) is 41.2 Å². The van der Waals surface area contributed by atoms with Crippen molar-refractivity contribution in [3.8, 4) is 5.75 Å². The second-order valence-corrected chi connectivity index (χ2v) is 5.97. The summed E-state index contributed by atoms with van der Waals surface area (Å²) >= 11 is 0. The van der Waals surface area contributed by atoms with Gasteiger partial charge in [-0.15, -0.1) is 12.4 Å². The van der Waals surface area contributed by atoms with Crippen molar-refractivity contribution in [3.63, 3.8) is 0 Å². The number of carbonyl (C=O) groups excluding carboxylic acids is 2. The van der Waals surface area contributed by atoms with Gasteiger partial charge in [0.25, 0.3) is 5.91 Å². The lowest BCUT2D eigenvalue weighted by Gasteiger charge is -2.36. The fourth-order valence-electron chi connectivity index (χ4n) is 2.69. The van der Waals surface area contributed by atoms with E-state index >= 15 is 0 Å². The van der Waals surface area contributed by atoms with Crippen LogP contribution in [0.3, 0.4) is 0 Å². The molecule has 0 atom stereocenters. The Hall–Kier alpha value is -1.79. The van der Waals surface area contributed by atoms with Gasteiger partial charge in [-0.3, -0.25) is 9.59 Å². The highest BCUT2D eigenvalue weighted by atomic mass is 35.5. The molecule has 0 radical (unpaired) electrons. The molecule has 0 aromatic heterocycles. The minimum Gasteiger partial charge on any atom is -0.497 e. The lowest BCUT2D eigenvalue weighted by atomic mass is 10.1. The molecule has 1 aromatic rings. The summed E-state index contributed by atoms with van der Waals surface area (Å²) in [5.41, 5.74) is 5.96. The number of hydrogen-bond acceptors (Lipinski definition) is 4. The summed E-state index contributed by atoms with van der Waals surface area (Å²) in [4.78, 5) is 28.2. The summed E-state index contributed by atoms with van der Waals surface area (Å²) in [5, 5.41) is 0. The van der Waals surface area contributed by atoms with Crippen molar-refractivity contribution >= 4 is 24.2 Å². The van der Waals surface area contributed by atoms with Crippen molar-refractivity contribution in [2.24, 2.45) is 5.73 Å². The molecule has 1 heterocycles. The predicted molar refractivity (Wildman–Crippen MR) is 88.9 cm³/mol. The largest absolute Gasteiger partial charge is 0.497 e. The van der Waals surface area contributed by atoms with Gasteiger partial charge in [0, 0.05) is 31.7 Å². The van der Waals surface area contributed by atoms with Crippen LogP contribution in [-0.4, -0.2) is 60.4 Å². The Morgan fingerprint density at radius 3 is 2.04 bits per heavy atom. The minimum atomic E-state index is -0.623. The number of rotatable bonds is 3. The summed E-state index contributed by atoms with van der Waals surface area (Å²) in [6.07, 6.45) is 1.55. The molecule has 0 unspecified atom stereocenters. The molecule has 2 aliphatic rings. The number of halogens is 1. The van der Waals surface area contributed by atoms with Gasteiger partial charge < -0.3 is 20.3 Å². The second kappa shape index (κ2) is 6.76. The normalized spacial score (nSPS) is 18.9. The number of amides is 2. The highest BCUT2D eigenvalue weighted by molar-refractivity contribution is 5.95. The smallest absolute Gasteiger partial charge is 0.253 e. The van der Waals surface area contributed by atoms with E-state index in [9.17, 15) is 9.59 Å². The summed E-state index contributed by atoms with van der Waals surface area (Å²) in [5.74, 6) is 0.748. The van der Waals surface area contributed by atoms with E-state index in [-0.39, 0.29) is 24.2 Å². The van der Waals surface area contributed by atoms with Crippen molar-refractivity contribution in [1.82, 2.24) is 9.80 Å². The molecule has 126 valence electrons. The summed E-state index contributed by atoms with van der Waals surface area (Å²) in [6, 6.07) is 7.08. The molecule has 2 fully saturated rings. The van der Waals surface area contributed by atoms with Crippen LogP contribution in [0, 0.1) is 0 Å². The molecule has 2 N–H and O–H groups in total. The van der Waals surface area contributed by atoms with E-state index < -0.39 is 5.54 Å². The Bertz CT molecular complexity index is 579. The zero-order valence-electron chi connectivity index (χ0n) is 13.2. The molecule has 1 saturated carbocycles. The van der Waals surface area contributed by atoms with Gasteiger partial charge in [0.1, 0.15) is 5.75 Å². The maximum absolute atomic E-state index is 12.4. The Morgan fingerprint density at radius 1 is 1.04 bits per heavy atom. The standard InChI is InChI=1S/C16H21N3O3.ClH/c1-22-13-4-2-12(3-5-13)14(20)18-8-10-19(11-9-18)15(21)16(17)6-7-16;/h2-5H,6-11,17H2,1H3;1H. The van der Waals surface area contributed by atoms with Crippen molar-refractivity contribution in [2.75, 3.05) is 33.3 Å². The van der Waals surface area contributed by atoms with E-state index in [0.717, 1.165) is 18.6 Å². The zero-order valence-corrected chi connectivity index (χ0v) is 14.0. The van der Waals surface area contributed by atoms with Gasteiger partial charge in [-0.1, -0.05) is 0 Å². The first-order valence-corrected chi connectivity index (χ1v) is 7.55. The van der Waals surface area contributed by atoms with Crippen LogP contribution in [0.2, 0.25) is 0 Å². The van der Waals surface area contributed by atoms with Crippen molar-refractivity contribution in [1.29, 1.82) is 0 Å². The molecule has 6 nitrogen and oxygen atoms in total. The molecular formula is C16H22ClN3O3. The average molecular weight is 340 g/mol. The summed E-state index contributed by atoms with van der Waals surface area (Å²) in [6.45, 7) is 2.21. The van der Waals surface area contributed by atoms with Gasteiger partial charge in [0.2, 0.25) is 5.91 Å². The third kappa shape index (κ3) is 3.59. The van der Waals surface area contributed by atoms with Crippen molar-refractivity contribution in [3.05, 3.63) is 29.8 Å². The van der Waals surface area contributed by atoms with Gasteiger partial charge in [-0.2, -0.15) is 0 Å². The highest BCUT2D eigenvalue weighted by Gasteiger charge is 2.48. The quantitative estimate of drug-likeness (QED) is 0.887. The first kappa shape index (κ1) is 17.6. The van der Waals surface area contributed by atoms with Gasteiger partial charge in [-0.25, -0.2) is 0 Å². The van der Waals surface area contributed by atoms with Gasteiger partial charge in [0.15, 0.2) is 0 Å². The fraction of sp³-hybridized carbons (Fsp3) is 0.500. The lowest BCUT2D eigenvalue weighted by molar-refractivity contribution is -0.135. The summed E-state index contributed by atoms with van der Waals surface area (Å²) in [7, 11) is 1.59. The van der Waals surface area contributed by atoms with Gasteiger partial charge >= 0.3 is 0 Å². The molecule has 1 aliphatic heterocycles. The molecule has 3 rings (SSSR count). The van der Waals surface area contributed by atoms with Crippen LogP contribution in [0.1, 0.15) is 23.2 Å². The van der Waals surface area contributed by atoms with Crippen LogP contribution >= 0.6 is 12.4 Å². The van der Waals surface area contributed by atoms with Crippen LogP contribution in [0.5, 0.6) is 5.75 Å². The number of carbonyl (C=O) groups is 2. The molecule has 7 heteroatoms. The monoisotopic (exact) mass is 339 g/mol. The van der Waals surface area contributed by atoms with E-state index in [4.69, 9.17) is 10.5 Å². The SMILES string of the molecule is COc1ccc(C(=O)N2CCN(C(=O)C3(N)CC3)CC2)cc1.Cl. The Morgan fingerprint density at radius 2 is 1.57 bits per heavy atom.